The molecule has 0 saturated carbocycles. The van der Waals surface area contributed by atoms with Crippen LogP contribution in [0.15, 0.2) is 18.2 Å². The van der Waals surface area contributed by atoms with Crippen LogP contribution in [0.3, 0.4) is 0 Å². The molecule has 6 nitrogen and oxygen atoms in total. The molecule has 4 rings (SSSR count). The van der Waals surface area contributed by atoms with Gasteiger partial charge in [-0.05, 0) is 55.5 Å². The Hall–Kier alpha value is -2.10. The Balaban J connectivity index is 0.00000196. The third kappa shape index (κ3) is 3.17. The second kappa shape index (κ2) is 7.26. The van der Waals surface area contributed by atoms with Crippen molar-refractivity contribution in [1.29, 1.82) is 5.26 Å². The predicted molar refractivity (Wildman–Crippen MR) is 100 cm³/mol. The number of carbonyl (C=O) groups is 2. The first-order valence-electron chi connectivity index (χ1n) is 8.94. The number of amides is 2. The molecule has 4 atom stereocenters. The SMILES string of the molecule is Cl.N#Cc1ccc2c(c1)C(CC(N)=O)C(=O)N2C1CC2CCCN(C2)C1. The van der Waals surface area contributed by atoms with Crippen molar-refractivity contribution in [3.63, 3.8) is 0 Å². The minimum atomic E-state index is -0.558. The highest BCUT2D eigenvalue weighted by molar-refractivity contribution is 6.07. The summed E-state index contributed by atoms with van der Waals surface area (Å²) in [5.41, 5.74) is 7.50. The molecule has 1 aromatic rings. The Bertz CT molecular complexity index is 763. The molecule has 138 valence electrons. The first kappa shape index (κ1) is 18.7. The molecule has 2 amide bonds. The summed E-state index contributed by atoms with van der Waals surface area (Å²) in [6.45, 7) is 3.11. The van der Waals surface area contributed by atoms with Crippen LogP contribution in [0.1, 0.15) is 42.7 Å². The number of fused-ring (bicyclic) bond motifs is 3. The maximum atomic E-state index is 13.1. The summed E-state index contributed by atoms with van der Waals surface area (Å²) >= 11 is 0. The lowest BCUT2D eigenvalue weighted by molar-refractivity contribution is -0.124. The maximum Gasteiger partial charge on any atom is 0.235 e. The second-order valence-electron chi connectivity index (χ2n) is 7.47. The fourth-order valence-corrected chi connectivity index (χ4v) is 4.77. The predicted octanol–water partition coefficient (Wildman–Crippen LogP) is 1.77. The van der Waals surface area contributed by atoms with Crippen molar-refractivity contribution in [3.05, 3.63) is 29.3 Å². The van der Waals surface area contributed by atoms with Crippen molar-refractivity contribution in [3.8, 4) is 6.07 Å². The summed E-state index contributed by atoms with van der Waals surface area (Å²) in [6.07, 6.45) is 3.46. The van der Waals surface area contributed by atoms with Crippen molar-refractivity contribution in [2.24, 2.45) is 11.7 Å². The van der Waals surface area contributed by atoms with Gasteiger partial charge in [-0.15, -0.1) is 12.4 Å². The number of nitrogens with two attached hydrogens (primary N) is 1. The molecule has 0 aliphatic carbocycles. The van der Waals surface area contributed by atoms with Crippen molar-refractivity contribution in [2.75, 3.05) is 24.5 Å². The second-order valence-corrected chi connectivity index (χ2v) is 7.47. The van der Waals surface area contributed by atoms with Crippen molar-refractivity contribution < 1.29 is 9.59 Å². The molecule has 2 fully saturated rings. The third-order valence-corrected chi connectivity index (χ3v) is 5.78. The fraction of sp³-hybridized carbons (Fsp3) is 0.526. The van der Waals surface area contributed by atoms with Gasteiger partial charge in [0.25, 0.3) is 0 Å². The molecule has 3 heterocycles. The molecule has 0 radical (unpaired) electrons. The molecule has 26 heavy (non-hydrogen) atoms. The largest absolute Gasteiger partial charge is 0.370 e. The minimum absolute atomic E-state index is 0. The quantitative estimate of drug-likeness (QED) is 0.872. The summed E-state index contributed by atoms with van der Waals surface area (Å²) in [5.74, 6) is -0.456. The van der Waals surface area contributed by atoms with Crippen molar-refractivity contribution in [1.82, 2.24) is 4.90 Å². The first-order chi connectivity index (χ1) is 12.1. The number of hydrogen-bond acceptors (Lipinski definition) is 4. The van der Waals surface area contributed by atoms with Crippen molar-refractivity contribution in [2.45, 2.75) is 37.6 Å². The van der Waals surface area contributed by atoms with Gasteiger partial charge in [-0.2, -0.15) is 5.26 Å². The number of rotatable bonds is 3. The number of benzene rings is 1. The fourth-order valence-electron chi connectivity index (χ4n) is 4.77. The smallest absolute Gasteiger partial charge is 0.235 e. The lowest BCUT2D eigenvalue weighted by Gasteiger charge is -2.44. The minimum Gasteiger partial charge on any atom is -0.370 e. The van der Waals surface area contributed by atoms with Crippen LogP contribution in [0.25, 0.3) is 0 Å². The molecular formula is C19H23ClN4O2. The summed E-state index contributed by atoms with van der Waals surface area (Å²) in [6, 6.07) is 7.59. The Kier molecular flexibility index (Phi) is 5.22. The van der Waals surface area contributed by atoms with Gasteiger partial charge in [-0.3, -0.25) is 9.59 Å². The molecule has 2 saturated heterocycles. The molecule has 2 bridgehead atoms. The molecule has 0 aromatic heterocycles. The molecule has 3 aliphatic heterocycles. The van der Waals surface area contributed by atoms with E-state index in [2.05, 4.69) is 11.0 Å². The summed E-state index contributed by atoms with van der Waals surface area (Å²) < 4.78 is 0. The summed E-state index contributed by atoms with van der Waals surface area (Å²) in [7, 11) is 0. The number of nitrogens with zero attached hydrogens (tertiary/aromatic N) is 3. The van der Waals surface area contributed by atoms with E-state index in [9.17, 15) is 14.9 Å². The van der Waals surface area contributed by atoms with Crippen LogP contribution in [-0.4, -0.2) is 42.4 Å². The van der Waals surface area contributed by atoms with Gasteiger partial charge in [-0.25, -0.2) is 0 Å². The third-order valence-electron chi connectivity index (χ3n) is 5.78. The van der Waals surface area contributed by atoms with E-state index >= 15 is 0 Å². The first-order valence-corrected chi connectivity index (χ1v) is 8.94. The van der Waals surface area contributed by atoms with E-state index in [0.717, 1.165) is 37.3 Å². The van der Waals surface area contributed by atoms with E-state index in [1.54, 1.807) is 12.1 Å². The van der Waals surface area contributed by atoms with E-state index in [1.165, 1.54) is 12.8 Å². The van der Waals surface area contributed by atoms with Crippen LogP contribution in [-0.2, 0) is 9.59 Å². The highest BCUT2D eigenvalue weighted by Gasteiger charge is 2.44. The van der Waals surface area contributed by atoms with Crippen molar-refractivity contribution >= 4 is 29.9 Å². The topological polar surface area (TPSA) is 90.4 Å². The molecule has 4 unspecified atom stereocenters. The number of anilines is 1. The van der Waals surface area contributed by atoms with Gasteiger partial charge in [0.2, 0.25) is 11.8 Å². The Morgan fingerprint density at radius 1 is 1.35 bits per heavy atom. The zero-order valence-electron chi connectivity index (χ0n) is 14.6. The number of primary amides is 1. The molecular weight excluding hydrogens is 352 g/mol. The molecule has 3 aliphatic rings. The highest BCUT2D eigenvalue weighted by Crippen LogP contribution is 2.43. The highest BCUT2D eigenvalue weighted by atomic mass is 35.5. The lowest BCUT2D eigenvalue weighted by Crippen LogP contribution is -2.54. The monoisotopic (exact) mass is 374 g/mol. The van der Waals surface area contributed by atoms with Crippen LogP contribution >= 0.6 is 12.4 Å². The van der Waals surface area contributed by atoms with Gasteiger partial charge in [0.1, 0.15) is 0 Å². The Morgan fingerprint density at radius 3 is 2.85 bits per heavy atom. The van der Waals surface area contributed by atoms with E-state index < -0.39 is 11.8 Å². The average Bonchev–Trinajstić information content (AvgIpc) is 2.85. The number of nitriles is 1. The zero-order valence-corrected chi connectivity index (χ0v) is 15.4. The normalized spacial score (nSPS) is 29.5. The van der Waals surface area contributed by atoms with Crippen LogP contribution in [0, 0.1) is 17.2 Å². The van der Waals surface area contributed by atoms with Gasteiger partial charge in [-0.1, -0.05) is 0 Å². The van der Waals surface area contributed by atoms with E-state index in [4.69, 9.17) is 5.73 Å². The van der Waals surface area contributed by atoms with Crippen LogP contribution in [0.2, 0.25) is 0 Å². The van der Waals surface area contributed by atoms with Crippen LogP contribution in [0.4, 0.5) is 5.69 Å². The number of hydrogen-bond donors (Lipinski definition) is 1. The van der Waals surface area contributed by atoms with Gasteiger partial charge in [0.05, 0.1) is 17.6 Å². The number of piperidine rings is 2. The zero-order chi connectivity index (χ0) is 17.6. The van der Waals surface area contributed by atoms with Crippen LogP contribution < -0.4 is 10.6 Å². The van der Waals surface area contributed by atoms with E-state index in [-0.39, 0.29) is 30.8 Å². The molecule has 0 spiro atoms. The lowest BCUT2D eigenvalue weighted by atomic mass is 9.86. The van der Waals surface area contributed by atoms with Gasteiger partial charge < -0.3 is 15.5 Å². The number of halogens is 1. The molecule has 1 aromatic carbocycles. The van der Waals surface area contributed by atoms with E-state index in [1.807, 2.05) is 11.0 Å². The van der Waals surface area contributed by atoms with Gasteiger partial charge in [0.15, 0.2) is 0 Å². The Morgan fingerprint density at radius 2 is 2.15 bits per heavy atom. The summed E-state index contributed by atoms with van der Waals surface area (Å²) in [4.78, 5) is 28.9. The number of carbonyl (C=O) groups excluding carboxylic acids is 2. The van der Waals surface area contributed by atoms with Gasteiger partial charge in [0, 0.05) is 31.2 Å². The van der Waals surface area contributed by atoms with Crippen LogP contribution in [0.5, 0.6) is 0 Å². The maximum absolute atomic E-state index is 13.1. The summed E-state index contributed by atoms with van der Waals surface area (Å²) in [5, 5.41) is 9.18. The van der Waals surface area contributed by atoms with Gasteiger partial charge >= 0.3 is 0 Å². The molecule has 2 N–H and O–H groups in total. The average molecular weight is 375 g/mol. The van der Waals surface area contributed by atoms with E-state index in [0.29, 0.717) is 11.5 Å². The molecule has 7 heteroatoms. The standard InChI is InChI=1S/C19H22N4O2.ClH/c20-9-12-3-4-17-15(7-12)16(8-18(21)24)19(25)23(17)14-6-13-2-1-5-22(10-13)11-14;/h3-4,7,13-14,16H,1-2,5-6,8,10-11H2,(H2,21,24);1H. The Labute approximate surface area is 159 Å².